The highest BCUT2D eigenvalue weighted by Crippen LogP contribution is 2.39. The molecule has 1 atom stereocenters. The van der Waals surface area contributed by atoms with E-state index in [4.69, 9.17) is 16.3 Å². The van der Waals surface area contributed by atoms with Crippen molar-refractivity contribution in [2.75, 3.05) is 19.8 Å². The summed E-state index contributed by atoms with van der Waals surface area (Å²) in [6, 6.07) is 5.37. The lowest BCUT2D eigenvalue weighted by Crippen LogP contribution is -2.52. The standard InChI is InChI=1S/C28H32ClFN4O3S/c1-17-11-18(29)12-22(21(17)13-19-5-4-7-28(2,3)37-19)25-26-23(31-16-32-25)14-20(38-26)15-34-24(35)6-9-33(10-8-30)27(34)36/h11-12,14,16,19H,4-10,13,15H2,1-3H3/t19-/m0/s1. The molecule has 0 aliphatic carbocycles. The molecule has 202 valence electrons. The summed E-state index contributed by atoms with van der Waals surface area (Å²) in [4.78, 5) is 37.9. The Kier molecular flexibility index (Phi) is 7.71. The first-order valence-electron chi connectivity index (χ1n) is 13.0. The van der Waals surface area contributed by atoms with Gasteiger partial charge in [0.1, 0.15) is 13.0 Å². The second-order valence-electron chi connectivity index (χ2n) is 10.7. The Morgan fingerprint density at radius 2 is 2.05 bits per heavy atom. The molecule has 1 aromatic carbocycles. The van der Waals surface area contributed by atoms with Gasteiger partial charge >= 0.3 is 6.03 Å². The summed E-state index contributed by atoms with van der Waals surface area (Å²) in [7, 11) is 0. The van der Waals surface area contributed by atoms with E-state index in [1.807, 2.05) is 18.2 Å². The zero-order valence-electron chi connectivity index (χ0n) is 21.9. The van der Waals surface area contributed by atoms with Crippen LogP contribution in [0.1, 0.15) is 55.5 Å². The fourth-order valence-electron chi connectivity index (χ4n) is 5.48. The molecule has 2 aliphatic heterocycles. The van der Waals surface area contributed by atoms with Gasteiger partial charge in [-0.15, -0.1) is 11.3 Å². The molecule has 2 aromatic heterocycles. The van der Waals surface area contributed by atoms with Crippen LogP contribution in [0.4, 0.5) is 9.18 Å². The monoisotopic (exact) mass is 558 g/mol. The number of carbonyl (C=O) groups is 2. The number of aryl methyl sites for hydroxylation is 1. The molecule has 2 saturated heterocycles. The molecule has 0 radical (unpaired) electrons. The van der Waals surface area contributed by atoms with E-state index in [1.54, 1.807) is 0 Å². The molecule has 0 N–H and O–H groups in total. The lowest BCUT2D eigenvalue weighted by molar-refractivity contribution is -0.131. The minimum atomic E-state index is -0.639. The number of urea groups is 1. The normalized spacial score (nSPS) is 20.0. The first kappa shape index (κ1) is 27.0. The summed E-state index contributed by atoms with van der Waals surface area (Å²) in [5.74, 6) is -0.253. The lowest BCUT2D eigenvalue weighted by atomic mass is 9.89. The molecular formula is C28H32ClFN4O3S. The van der Waals surface area contributed by atoms with Crippen molar-refractivity contribution in [3.8, 4) is 11.3 Å². The van der Waals surface area contributed by atoms with Crippen molar-refractivity contribution in [3.63, 3.8) is 0 Å². The molecule has 3 aromatic rings. The van der Waals surface area contributed by atoms with Gasteiger partial charge in [-0.05, 0) is 75.8 Å². The number of thiophene rings is 1. The molecule has 4 heterocycles. The predicted octanol–water partition coefficient (Wildman–Crippen LogP) is 6.33. The Morgan fingerprint density at radius 3 is 2.82 bits per heavy atom. The molecule has 10 heteroatoms. The first-order valence-corrected chi connectivity index (χ1v) is 14.2. The Bertz CT molecular complexity index is 1380. The molecule has 38 heavy (non-hydrogen) atoms. The molecule has 3 amide bonds. The first-order chi connectivity index (χ1) is 18.1. The summed E-state index contributed by atoms with van der Waals surface area (Å²) >= 11 is 7.99. The number of fused-ring (bicyclic) bond motifs is 1. The van der Waals surface area contributed by atoms with Crippen LogP contribution in [0.15, 0.2) is 24.5 Å². The minimum absolute atomic E-state index is 0.0105. The van der Waals surface area contributed by atoms with E-state index in [0.29, 0.717) is 5.02 Å². The maximum absolute atomic E-state index is 12.9. The minimum Gasteiger partial charge on any atom is -0.372 e. The van der Waals surface area contributed by atoms with Crippen molar-refractivity contribution >= 4 is 45.1 Å². The van der Waals surface area contributed by atoms with E-state index in [-0.39, 0.29) is 43.7 Å². The zero-order valence-corrected chi connectivity index (χ0v) is 23.5. The number of alkyl halides is 1. The van der Waals surface area contributed by atoms with Crippen molar-refractivity contribution in [1.82, 2.24) is 19.8 Å². The van der Waals surface area contributed by atoms with E-state index in [0.717, 1.165) is 63.2 Å². The SMILES string of the molecule is Cc1cc(Cl)cc(-c2ncnc3cc(CN4C(=O)CCN(CCF)C4=O)sc23)c1C[C@@H]1CCCC(C)(C)O1. The van der Waals surface area contributed by atoms with Gasteiger partial charge in [0, 0.05) is 28.4 Å². The highest BCUT2D eigenvalue weighted by Gasteiger charge is 2.33. The molecule has 2 aliphatic rings. The predicted molar refractivity (Wildman–Crippen MR) is 147 cm³/mol. The average Bonchev–Trinajstić information content (AvgIpc) is 3.27. The average molecular weight is 559 g/mol. The third kappa shape index (κ3) is 5.55. The number of aromatic nitrogens is 2. The fraction of sp³-hybridized carbons (Fsp3) is 0.500. The maximum atomic E-state index is 12.9. The van der Waals surface area contributed by atoms with Gasteiger partial charge in [0.2, 0.25) is 5.91 Å². The van der Waals surface area contributed by atoms with Crippen molar-refractivity contribution in [2.24, 2.45) is 0 Å². The third-order valence-electron chi connectivity index (χ3n) is 7.34. The van der Waals surface area contributed by atoms with E-state index < -0.39 is 12.7 Å². The van der Waals surface area contributed by atoms with Crippen LogP contribution in [0.3, 0.4) is 0 Å². The third-order valence-corrected chi connectivity index (χ3v) is 8.68. The van der Waals surface area contributed by atoms with Gasteiger partial charge < -0.3 is 9.64 Å². The Hall–Kier alpha value is -2.62. The van der Waals surface area contributed by atoms with Crippen LogP contribution < -0.4 is 0 Å². The second-order valence-corrected chi connectivity index (χ2v) is 12.3. The van der Waals surface area contributed by atoms with Gasteiger partial charge in [0.05, 0.1) is 40.7 Å². The maximum Gasteiger partial charge on any atom is 0.327 e. The topological polar surface area (TPSA) is 75.6 Å². The van der Waals surface area contributed by atoms with Gasteiger partial charge in [-0.2, -0.15) is 0 Å². The van der Waals surface area contributed by atoms with E-state index in [9.17, 15) is 14.0 Å². The number of benzene rings is 1. The largest absolute Gasteiger partial charge is 0.372 e. The number of amides is 3. The highest BCUT2D eigenvalue weighted by atomic mass is 35.5. The molecule has 0 saturated carbocycles. The van der Waals surface area contributed by atoms with Gasteiger partial charge in [-0.25, -0.2) is 19.2 Å². The summed E-state index contributed by atoms with van der Waals surface area (Å²) < 4.78 is 20.2. The summed E-state index contributed by atoms with van der Waals surface area (Å²) in [5.41, 5.74) is 4.55. The lowest BCUT2D eigenvalue weighted by Gasteiger charge is -2.36. The van der Waals surface area contributed by atoms with Crippen LogP contribution in [0.2, 0.25) is 5.02 Å². The number of hydrogen-bond acceptors (Lipinski definition) is 6. The van der Waals surface area contributed by atoms with Crippen molar-refractivity contribution in [3.05, 3.63) is 45.6 Å². The molecule has 2 fully saturated rings. The Labute approximate surface area is 231 Å². The number of ether oxygens (including phenoxy) is 1. The van der Waals surface area contributed by atoms with Gasteiger partial charge in [0.25, 0.3) is 0 Å². The fourth-order valence-corrected chi connectivity index (χ4v) is 6.86. The number of carbonyl (C=O) groups excluding carboxylic acids is 2. The molecule has 0 spiro atoms. The number of halogens is 2. The van der Waals surface area contributed by atoms with Crippen LogP contribution in [0.25, 0.3) is 21.5 Å². The van der Waals surface area contributed by atoms with E-state index in [1.165, 1.54) is 27.5 Å². The molecule has 0 bridgehead atoms. The Morgan fingerprint density at radius 1 is 1.24 bits per heavy atom. The van der Waals surface area contributed by atoms with Crippen molar-refractivity contribution < 1.29 is 18.7 Å². The number of imide groups is 1. The van der Waals surface area contributed by atoms with Crippen molar-refractivity contribution in [1.29, 1.82) is 0 Å². The van der Waals surface area contributed by atoms with Crippen LogP contribution in [-0.4, -0.2) is 63.2 Å². The highest BCUT2D eigenvalue weighted by molar-refractivity contribution is 7.19. The van der Waals surface area contributed by atoms with Crippen LogP contribution in [-0.2, 0) is 22.5 Å². The second kappa shape index (κ2) is 10.9. The summed E-state index contributed by atoms with van der Waals surface area (Å²) in [6.07, 6.45) is 5.77. The molecule has 0 unspecified atom stereocenters. The number of hydrogen-bond donors (Lipinski definition) is 0. The number of nitrogens with zero attached hydrogens (tertiary/aromatic N) is 4. The quantitative estimate of drug-likeness (QED) is 0.338. The van der Waals surface area contributed by atoms with Crippen LogP contribution in [0, 0.1) is 6.92 Å². The molecule has 5 rings (SSSR count). The zero-order chi connectivity index (χ0) is 27.0. The van der Waals surface area contributed by atoms with E-state index in [2.05, 4.69) is 30.7 Å². The van der Waals surface area contributed by atoms with Gasteiger partial charge in [-0.1, -0.05) is 11.6 Å². The molecular weight excluding hydrogens is 527 g/mol. The number of rotatable bonds is 7. The van der Waals surface area contributed by atoms with Gasteiger partial charge in [-0.3, -0.25) is 9.69 Å². The smallest absolute Gasteiger partial charge is 0.327 e. The van der Waals surface area contributed by atoms with Crippen LogP contribution in [0.5, 0.6) is 0 Å². The van der Waals surface area contributed by atoms with Crippen molar-refractivity contribution in [2.45, 2.75) is 71.1 Å². The summed E-state index contributed by atoms with van der Waals surface area (Å²) in [6.45, 7) is 6.07. The van der Waals surface area contributed by atoms with Crippen LogP contribution >= 0.6 is 22.9 Å². The van der Waals surface area contributed by atoms with Gasteiger partial charge in [0.15, 0.2) is 0 Å². The Balaban J connectivity index is 1.49. The summed E-state index contributed by atoms with van der Waals surface area (Å²) in [5, 5.41) is 0.632. The molecule has 7 nitrogen and oxygen atoms in total. The van der Waals surface area contributed by atoms with E-state index >= 15 is 0 Å².